The third-order valence-electron chi connectivity index (χ3n) is 3.28. The van der Waals surface area contributed by atoms with Crippen molar-refractivity contribution in [2.45, 2.75) is 0 Å². The van der Waals surface area contributed by atoms with Crippen molar-refractivity contribution in [3.63, 3.8) is 0 Å². The third kappa shape index (κ3) is 2.35. The Morgan fingerprint density at radius 1 is 1.00 bits per heavy atom. The molecule has 0 spiro atoms. The summed E-state index contributed by atoms with van der Waals surface area (Å²) in [7, 11) is 1.66. The Hall–Kier alpha value is -2.42. The molecule has 0 fully saturated rings. The lowest BCUT2D eigenvalue weighted by molar-refractivity contribution is 0.171. The van der Waals surface area contributed by atoms with Gasteiger partial charge in [-0.3, -0.25) is 0 Å². The highest BCUT2D eigenvalue weighted by Gasteiger charge is 2.13. The normalized spacial score (nSPS) is 12.8. The van der Waals surface area contributed by atoms with Gasteiger partial charge in [-0.15, -0.1) is 0 Å². The average molecular weight is 268 g/mol. The molecule has 102 valence electrons. The molecule has 0 atom stereocenters. The lowest BCUT2D eigenvalue weighted by Crippen LogP contribution is -2.15. The van der Waals surface area contributed by atoms with E-state index in [9.17, 15) is 0 Å². The fourth-order valence-electron chi connectivity index (χ4n) is 2.25. The second kappa shape index (κ2) is 5.29. The number of rotatable bonds is 3. The monoisotopic (exact) mass is 268 g/mol. The van der Waals surface area contributed by atoms with E-state index in [2.05, 4.69) is 12.6 Å². The summed E-state index contributed by atoms with van der Waals surface area (Å²) >= 11 is 0. The fraction of sp³-hybridized carbons (Fsp3) is 0.176. The van der Waals surface area contributed by atoms with Gasteiger partial charge in [-0.05, 0) is 47.0 Å². The molecule has 1 aliphatic rings. The van der Waals surface area contributed by atoms with Crippen LogP contribution in [0.25, 0.3) is 17.2 Å². The van der Waals surface area contributed by atoms with Gasteiger partial charge in [-0.25, -0.2) is 0 Å². The van der Waals surface area contributed by atoms with Gasteiger partial charge in [0.05, 0.1) is 7.11 Å². The Bertz CT molecular complexity index is 647. The van der Waals surface area contributed by atoms with Crippen LogP contribution in [-0.4, -0.2) is 20.3 Å². The van der Waals surface area contributed by atoms with E-state index in [1.807, 2.05) is 36.4 Å². The minimum Gasteiger partial charge on any atom is -0.497 e. The Balaban J connectivity index is 2.06. The van der Waals surface area contributed by atoms with Crippen LogP contribution in [0.5, 0.6) is 17.2 Å². The van der Waals surface area contributed by atoms with Gasteiger partial charge >= 0.3 is 0 Å². The molecule has 0 bridgehead atoms. The molecule has 2 aromatic carbocycles. The first-order chi connectivity index (χ1) is 9.80. The summed E-state index contributed by atoms with van der Waals surface area (Å²) < 4.78 is 16.5. The predicted octanol–water partition coefficient (Wildman–Crippen LogP) is 3.78. The van der Waals surface area contributed by atoms with E-state index in [0.717, 1.165) is 33.9 Å². The Labute approximate surface area is 118 Å². The van der Waals surface area contributed by atoms with E-state index >= 15 is 0 Å². The van der Waals surface area contributed by atoms with Gasteiger partial charge in [-0.2, -0.15) is 0 Å². The Kier molecular flexibility index (Phi) is 3.33. The number of methoxy groups -OCH3 is 1. The van der Waals surface area contributed by atoms with E-state index in [4.69, 9.17) is 14.2 Å². The molecule has 3 rings (SSSR count). The SMILES string of the molecule is C=Cc1cc(OC)cc(-c2ccc3c(c2)OCCO3)c1. The molecule has 0 N–H and O–H groups in total. The van der Waals surface area contributed by atoms with Crippen molar-refractivity contribution in [2.24, 2.45) is 0 Å². The standard InChI is InChI=1S/C17H16O3/c1-3-12-8-14(10-15(9-12)18-2)13-4-5-16-17(11-13)20-7-6-19-16/h3-5,8-11H,1,6-7H2,2H3. The molecule has 20 heavy (non-hydrogen) atoms. The molecule has 1 aliphatic heterocycles. The summed E-state index contributed by atoms with van der Waals surface area (Å²) in [6.07, 6.45) is 1.81. The largest absolute Gasteiger partial charge is 0.497 e. The van der Waals surface area contributed by atoms with Crippen LogP contribution in [0.3, 0.4) is 0 Å². The van der Waals surface area contributed by atoms with E-state index in [1.54, 1.807) is 7.11 Å². The first-order valence-electron chi connectivity index (χ1n) is 6.51. The predicted molar refractivity (Wildman–Crippen MR) is 79.5 cm³/mol. The number of benzene rings is 2. The first kappa shape index (κ1) is 12.6. The summed E-state index contributed by atoms with van der Waals surface area (Å²) in [4.78, 5) is 0. The van der Waals surface area contributed by atoms with Crippen LogP contribution in [0, 0.1) is 0 Å². The summed E-state index contributed by atoms with van der Waals surface area (Å²) in [6, 6.07) is 12.0. The van der Waals surface area contributed by atoms with Crippen LogP contribution in [0.1, 0.15) is 5.56 Å². The minimum absolute atomic E-state index is 0.590. The second-order valence-electron chi connectivity index (χ2n) is 4.56. The van der Waals surface area contributed by atoms with E-state index in [0.29, 0.717) is 13.2 Å². The van der Waals surface area contributed by atoms with Gasteiger partial charge in [0, 0.05) is 0 Å². The summed E-state index contributed by atoms with van der Waals surface area (Å²) in [5.41, 5.74) is 3.15. The Morgan fingerprint density at radius 3 is 2.55 bits per heavy atom. The zero-order valence-corrected chi connectivity index (χ0v) is 11.4. The highest BCUT2D eigenvalue weighted by Crippen LogP contribution is 2.35. The van der Waals surface area contributed by atoms with Gasteiger partial charge in [0.15, 0.2) is 11.5 Å². The van der Waals surface area contributed by atoms with Gasteiger partial charge in [0.25, 0.3) is 0 Å². The molecule has 3 nitrogen and oxygen atoms in total. The van der Waals surface area contributed by atoms with Gasteiger partial charge in [0.2, 0.25) is 0 Å². The molecule has 1 heterocycles. The van der Waals surface area contributed by atoms with Crippen molar-refractivity contribution in [2.75, 3.05) is 20.3 Å². The molecule has 2 aromatic rings. The maximum atomic E-state index is 5.62. The number of ether oxygens (including phenoxy) is 3. The minimum atomic E-state index is 0.590. The second-order valence-corrected chi connectivity index (χ2v) is 4.56. The molecular weight excluding hydrogens is 252 g/mol. The van der Waals surface area contributed by atoms with Gasteiger partial charge < -0.3 is 14.2 Å². The van der Waals surface area contributed by atoms with Crippen LogP contribution in [-0.2, 0) is 0 Å². The van der Waals surface area contributed by atoms with Crippen molar-refractivity contribution in [3.8, 4) is 28.4 Å². The van der Waals surface area contributed by atoms with Gasteiger partial charge in [0.1, 0.15) is 19.0 Å². The van der Waals surface area contributed by atoms with Crippen LogP contribution >= 0.6 is 0 Å². The van der Waals surface area contributed by atoms with Crippen molar-refractivity contribution >= 4 is 6.08 Å². The van der Waals surface area contributed by atoms with Crippen LogP contribution in [0.15, 0.2) is 43.0 Å². The average Bonchev–Trinajstić information content (AvgIpc) is 2.53. The lowest BCUT2D eigenvalue weighted by Gasteiger charge is -2.19. The Morgan fingerprint density at radius 2 is 1.80 bits per heavy atom. The number of hydrogen-bond donors (Lipinski definition) is 0. The quantitative estimate of drug-likeness (QED) is 0.848. The topological polar surface area (TPSA) is 27.7 Å². The van der Waals surface area contributed by atoms with E-state index in [-0.39, 0.29) is 0 Å². The zero-order chi connectivity index (χ0) is 13.9. The number of fused-ring (bicyclic) bond motifs is 1. The molecule has 0 amide bonds. The van der Waals surface area contributed by atoms with Crippen LogP contribution < -0.4 is 14.2 Å². The highest BCUT2D eigenvalue weighted by atomic mass is 16.6. The van der Waals surface area contributed by atoms with Crippen LogP contribution in [0.4, 0.5) is 0 Å². The molecular formula is C17H16O3. The maximum absolute atomic E-state index is 5.62. The van der Waals surface area contributed by atoms with Crippen LogP contribution in [0.2, 0.25) is 0 Å². The first-order valence-corrected chi connectivity index (χ1v) is 6.51. The third-order valence-corrected chi connectivity index (χ3v) is 3.28. The molecule has 0 saturated carbocycles. The van der Waals surface area contributed by atoms with Crippen molar-refractivity contribution < 1.29 is 14.2 Å². The van der Waals surface area contributed by atoms with Gasteiger partial charge in [-0.1, -0.05) is 18.7 Å². The van der Waals surface area contributed by atoms with Crippen molar-refractivity contribution in [3.05, 3.63) is 48.5 Å². The summed E-state index contributed by atoms with van der Waals surface area (Å²) in [6.45, 7) is 5.00. The zero-order valence-electron chi connectivity index (χ0n) is 11.4. The van der Waals surface area contributed by atoms with Crippen molar-refractivity contribution in [1.82, 2.24) is 0 Å². The summed E-state index contributed by atoms with van der Waals surface area (Å²) in [5, 5.41) is 0. The molecule has 3 heteroatoms. The molecule has 0 aliphatic carbocycles. The molecule has 0 unspecified atom stereocenters. The molecule has 0 aromatic heterocycles. The fourth-order valence-corrected chi connectivity index (χ4v) is 2.25. The van der Waals surface area contributed by atoms with E-state index in [1.165, 1.54) is 0 Å². The lowest BCUT2D eigenvalue weighted by atomic mass is 10.0. The van der Waals surface area contributed by atoms with E-state index < -0.39 is 0 Å². The molecule has 0 radical (unpaired) electrons. The van der Waals surface area contributed by atoms with Crippen molar-refractivity contribution in [1.29, 1.82) is 0 Å². The smallest absolute Gasteiger partial charge is 0.161 e. The maximum Gasteiger partial charge on any atom is 0.161 e. The number of hydrogen-bond acceptors (Lipinski definition) is 3. The summed E-state index contributed by atoms with van der Waals surface area (Å²) in [5.74, 6) is 2.40. The highest BCUT2D eigenvalue weighted by molar-refractivity contribution is 5.71. The molecule has 0 saturated heterocycles.